The third kappa shape index (κ3) is 5.66. The Balaban J connectivity index is 1.72. The molecule has 0 saturated heterocycles. The zero-order valence-corrected chi connectivity index (χ0v) is 18.5. The third-order valence-corrected chi connectivity index (χ3v) is 5.00. The first-order chi connectivity index (χ1) is 13.6. The van der Waals surface area contributed by atoms with Crippen LogP contribution in [0.5, 0.6) is 11.6 Å². The molecule has 1 heterocycles. The molecule has 1 N–H and O–H groups in total. The van der Waals surface area contributed by atoms with Crippen LogP contribution in [0.15, 0.2) is 53.0 Å². The molecule has 0 radical (unpaired) electrons. The van der Waals surface area contributed by atoms with Gasteiger partial charge in [0.1, 0.15) is 11.6 Å². The van der Waals surface area contributed by atoms with Gasteiger partial charge in [0.25, 0.3) is 5.91 Å². The number of hydrogen-bond acceptors (Lipinski definition) is 4. The fraction of sp³-hybridized carbons (Fsp3) is 0.105. The second kappa shape index (κ2) is 8.66. The number of carbonyl (C=O) groups excluding carboxylic acids is 1. The number of benzene rings is 2. The summed E-state index contributed by atoms with van der Waals surface area (Å²) in [5.74, 6) is -0.280. The second-order valence-electron chi connectivity index (χ2n) is 5.84. The van der Waals surface area contributed by atoms with Crippen LogP contribution in [-0.2, 0) is 6.18 Å². The Labute approximate surface area is 186 Å². The number of carbonyl (C=O) groups is 1. The Morgan fingerprint density at radius 2 is 1.79 bits per heavy atom. The number of nitrogens with one attached hydrogen (secondary N) is 1. The van der Waals surface area contributed by atoms with E-state index in [-0.39, 0.29) is 23.4 Å². The summed E-state index contributed by atoms with van der Waals surface area (Å²) in [6.07, 6.45) is -4.59. The molecule has 2 aromatic carbocycles. The minimum Gasteiger partial charge on any atom is -0.439 e. The van der Waals surface area contributed by atoms with Crippen LogP contribution in [0.4, 0.5) is 18.9 Å². The van der Waals surface area contributed by atoms with Crippen LogP contribution < -0.4 is 10.1 Å². The lowest BCUT2D eigenvalue weighted by Crippen LogP contribution is -2.13. The average Bonchev–Trinajstić information content (AvgIpc) is 2.62. The molecule has 1 aromatic heterocycles. The van der Waals surface area contributed by atoms with Crippen molar-refractivity contribution >= 4 is 50.1 Å². The van der Waals surface area contributed by atoms with Gasteiger partial charge in [0.15, 0.2) is 5.69 Å². The third-order valence-electron chi connectivity index (χ3n) is 3.62. The van der Waals surface area contributed by atoms with E-state index in [1.807, 2.05) is 6.07 Å². The lowest BCUT2D eigenvalue weighted by atomic mass is 10.2. The van der Waals surface area contributed by atoms with Crippen molar-refractivity contribution in [1.82, 2.24) is 9.97 Å². The van der Waals surface area contributed by atoms with Gasteiger partial charge in [-0.25, -0.2) is 4.98 Å². The number of amides is 1. The SMILES string of the molecule is Cc1nc(Oc2ccc(NC(=O)c3ccc(Br)cc3I)cc2)cc(C(F)(F)F)n1. The van der Waals surface area contributed by atoms with Crippen molar-refractivity contribution in [3.8, 4) is 11.6 Å². The van der Waals surface area contributed by atoms with Crippen LogP contribution >= 0.6 is 38.5 Å². The van der Waals surface area contributed by atoms with Gasteiger partial charge < -0.3 is 10.1 Å². The first-order valence-corrected chi connectivity index (χ1v) is 9.96. The molecule has 3 aromatic rings. The van der Waals surface area contributed by atoms with E-state index in [2.05, 4.69) is 53.8 Å². The van der Waals surface area contributed by atoms with E-state index in [0.29, 0.717) is 11.3 Å². The van der Waals surface area contributed by atoms with Gasteiger partial charge in [-0.05, 0) is 72.0 Å². The topological polar surface area (TPSA) is 64.1 Å². The maximum atomic E-state index is 12.9. The van der Waals surface area contributed by atoms with Crippen molar-refractivity contribution in [3.05, 3.63) is 73.7 Å². The molecule has 0 fully saturated rings. The van der Waals surface area contributed by atoms with E-state index < -0.39 is 11.9 Å². The summed E-state index contributed by atoms with van der Waals surface area (Å²) in [7, 11) is 0. The fourth-order valence-electron chi connectivity index (χ4n) is 2.34. The van der Waals surface area contributed by atoms with Crippen LogP contribution in [0, 0.1) is 10.5 Å². The molecule has 0 aliphatic rings. The summed E-state index contributed by atoms with van der Waals surface area (Å²) < 4.78 is 45.6. The maximum Gasteiger partial charge on any atom is 0.433 e. The molecular weight excluding hydrogens is 566 g/mol. The summed E-state index contributed by atoms with van der Waals surface area (Å²) in [6.45, 7) is 1.35. The zero-order valence-electron chi connectivity index (χ0n) is 14.7. The fourth-order valence-corrected chi connectivity index (χ4v) is 3.89. The number of ether oxygens (including phenoxy) is 1. The summed E-state index contributed by atoms with van der Waals surface area (Å²) in [4.78, 5) is 19.6. The first-order valence-electron chi connectivity index (χ1n) is 8.09. The minimum absolute atomic E-state index is 0.0530. The van der Waals surface area contributed by atoms with Gasteiger partial charge in [-0.15, -0.1) is 0 Å². The molecule has 0 aliphatic heterocycles. The number of alkyl halides is 3. The van der Waals surface area contributed by atoms with Crippen molar-refractivity contribution in [2.75, 3.05) is 5.32 Å². The van der Waals surface area contributed by atoms with E-state index in [1.54, 1.807) is 24.3 Å². The predicted molar refractivity (Wildman–Crippen MR) is 113 cm³/mol. The first kappa shape index (κ1) is 21.5. The Kier molecular flexibility index (Phi) is 6.42. The Bertz CT molecular complexity index is 1060. The van der Waals surface area contributed by atoms with Gasteiger partial charge in [-0.1, -0.05) is 15.9 Å². The van der Waals surface area contributed by atoms with Gasteiger partial charge in [0, 0.05) is 19.8 Å². The lowest BCUT2D eigenvalue weighted by molar-refractivity contribution is -0.141. The van der Waals surface area contributed by atoms with Crippen LogP contribution in [0.25, 0.3) is 0 Å². The molecule has 0 unspecified atom stereocenters. The Morgan fingerprint density at radius 3 is 2.41 bits per heavy atom. The number of aromatic nitrogens is 2. The van der Waals surface area contributed by atoms with Crippen LogP contribution in [0.1, 0.15) is 21.9 Å². The standard InChI is InChI=1S/C19H12BrF3IN3O2/c1-10-25-16(19(21,22)23)9-17(26-10)29-13-5-3-12(4-6-13)27-18(28)14-7-2-11(20)8-15(14)24/h2-9H,1H3,(H,27,28). The van der Waals surface area contributed by atoms with E-state index >= 15 is 0 Å². The quantitative estimate of drug-likeness (QED) is 0.374. The number of aryl methyl sites for hydroxylation is 1. The van der Waals surface area contributed by atoms with Crippen molar-refractivity contribution in [2.45, 2.75) is 13.1 Å². The van der Waals surface area contributed by atoms with E-state index in [9.17, 15) is 18.0 Å². The van der Waals surface area contributed by atoms with Crippen LogP contribution in [-0.4, -0.2) is 15.9 Å². The normalized spacial score (nSPS) is 11.2. The van der Waals surface area contributed by atoms with Crippen molar-refractivity contribution in [1.29, 1.82) is 0 Å². The highest BCUT2D eigenvalue weighted by molar-refractivity contribution is 14.1. The highest BCUT2D eigenvalue weighted by atomic mass is 127. The molecule has 5 nitrogen and oxygen atoms in total. The molecule has 3 rings (SSSR count). The molecule has 0 atom stereocenters. The molecule has 0 aliphatic carbocycles. The highest BCUT2D eigenvalue weighted by Crippen LogP contribution is 2.31. The molecule has 1 amide bonds. The largest absolute Gasteiger partial charge is 0.439 e. The number of hydrogen-bond donors (Lipinski definition) is 1. The average molecular weight is 578 g/mol. The Hall–Kier alpha value is -2.21. The summed E-state index contributed by atoms with van der Waals surface area (Å²) in [5.41, 5.74) is -0.0471. The van der Waals surface area contributed by atoms with Gasteiger partial charge in [-0.3, -0.25) is 4.79 Å². The van der Waals surface area contributed by atoms with Gasteiger partial charge >= 0.3 is 6.18 Å². The lowest BCUT2D eigenvalue weighted by Gasteiger charge is -2.11. The summed E-state index contributed by atoms with van der Waals surface area (Å²) >= 11 is 5.41. The number of anilines is 1. The summed E-state index contributed by atoms with van der Waals surface area (Å²) in [5, 5.41) is 2.76. The van der Waals surface area contributed by atoms with E-state index in [1.165, 1.54) is 19.1 Å². The molecule has 0 spiro atoms. The highest BCUT2D eigenvalue weighted by Gasteiger charge is 2.33. The van der Waals surface area contributed by atoms with Crippen molar-refractivity contribution in [3.63, 3.8) is 0 Å². The smallest absolute Gasteiger partial charge is 0.433 e. The van der Waals surface area contributed by atoms with Gasteiger partial charge in [0.2, 0.25) is 5.88 Å². The van der Waals surface area contributed by atoms with E-state index in [4.69, 9.17) is 4.74 Å². The van der Waals surface area contributed by atoms with Crippen LogP contribution in [0.3, 0.4) is 0 Å². The Morgan fingerprint density at radius 1 is 1.10 bits per heavy atom. The molecule has 29 heavy (non-hydrogen) atoms. The molecule has 10 heteroatoms. The van der Waals surface area contributed by atoms with Gasteiger partial charge in [-0.2, -0.15) is 18.2 Å². The maximum absolute atomic E-state index is 12.9. The van der Waals surface area contributed by atoms with E-state index in [0.717, 1.165) is 14.1 Å². The zero-order chi connectivity index (χ0) is 21.2. The predicted octanol–water partition coefficient (Wildman–Crippen LogP) is 6.22. The van der Waals surface area contributed by atoms with Crippen LogP contribution in [0.2, 0.25) is 0 Å². The number of nitrogens with zero attached hydrogens (tertiary/aromatic N) is 2. The molecular formula is C19H12BrF3IN3O2. The second-order valence-corrected chi connectivity index (χ2v) is 7.92. The monoisotopic (exact) mass is 577 g/mol. The molecule has 150 valence electrons. The molecule has 0 saturated carbocycles. The number of rotatable bonds is 4. The minimum atomic E-state index is -4.59. The van der Waals surface area contributed by atoms with Crippen molar-refractivity contribution < 1.29 is 22.7 Å². The van der Waals surface area contributed by atoms with Gasteiger partial charge in [0.05, 0.1) is 5.56 Å². The number of halogens is 5. The molecule has 0 bridgehead atoms. The summed E-state index contributed by atoms with van der Waals surface area (Å²) in [6, 6.07) is 12.2. The van der Waals surface area contributed by atoms with Crippen molar-refractivity contribution in [2.24, 2.45) is 0 Å².